The normalized spacial score (nSPS) is 10.3. The first-order valence-corrected chi connectivity index (χ1v) is 7.47. The molecule has 0 saturated heterocycles. The summed E-state index contributed by atoms with van der Waals surface area (Å²) in [5, 5.41) is 6.87. The molecule has 0 saturated carbocycles. The molecule has 4 nitrogen and oxygen atoms in total. The topological polar surface area (TPSA) is 54.0 Å². The highest BCUT2D eigenvalue weighted by atomic mass is 35.5. The fourth-order valence-electron chi connectivity index (χ4n) is 1.68. The van der Waals surface area contributed by atoms with Gasteiger partial charge in [-0.15, -0.1) is 11.3 Å². The van der Waals surface area contributed by atoms with Gasteiger partial charge in [-0.05, 0) is 38.0 Å². The molecule has 2 N–H and O–H groups in total. The van der Waals surface area contributed by atoms with Crippen LogP contribution in [0.25, 0.3) is 0 Å². The second-order valence-corrected chi connectivity index (χ2v) is 6.06. The molecular weight excluding hydrogens is 294 g/mol. The van der Waals surface area contributed by atoms with Crippen LogP contribution in [-0.2, 0) is 6.42 Å². The monoisotopic (exact) mass is 309 g/mol. The minimum absolute atomic E-state index is 0.235. The van der Waals surface area contributed by atoms with Crippen molar-refractivity contribution in [1.29, 1.82) is 0 Å². The molecule has 0 aliphatic carbocycles. The van der Waals surface area contributed by atoms with Gasteiger partial charge in [-0.1, -0.05) is 23.7 Å². The summed E-state index contributed by atoms with van der Waals surface area (Å²) in [6.45, 7) is 4.46. The predicted molar refractivity (Wildman–Crippen MR) is 83.8 cm³/mol. The van der Waals surface area contributed by atoms with Crippen molar-refractivity contribution in [1.82, 2.24) is 10.3 Å². The number of aromatic nitrogens is 1. The molecule has 20 heavy (non-hydrogen) atoms. The number of halogens is 1. The summed E-state index contributed by atoms with van der Waals surface area (Å²) in [6, 6.07) is 7.38. The van der Waals surface area contributed by atoms with Gasteiger partial charge in [-0.3, -0.25) is 5.32 Å². The van der Waals surface area contributed by atoms with Crippen molar-refractivity contribution in [3.05, 3.63) is 45.4 Å². The number of amides is 2. The minimum Gasteiger partial charge on any atom is -0.337 e. The second-order valence-electron chi connectivity index (χ2n) is 4.42. The Morgan fingerprint density at radius 3 is 2.85 bits per heavy atom. The van der Waals surface area contributed by atoms with Crippen LogP contribution in [0.5, 0.6) is 0 Å². The Labute approximate surface area is 127 Å². The van der Waals surface area contributed by atoms with Crippen LogP contribution in [0.4, 0.5) is 9.93 Å². The van der Waals surface area contributed by atoms with E-state index in [1.807, 2.05) is 38.1 Å². The molecule has 106 valence electrons. The van der Waals surface area contributed by atoms with Crippen LogP contribution in [0.2, 0.25) is 5.02 Å². The number of urea groups is 1. The number of hydrogen-bond donors (Lipinski definition) is 2. The van der Waals surface area contributed by atoms with Gasteiger partial charge in [0.25, 0.3) is 0 Å². The Morgan fingerprint density at radius 2 is 2.20 bits per heavy atom. The third-order valence-corrected chi connectivity index (χ3v) is 4.06. The molecule has 2 amide bonds. The van der Waals surface area contributed by atoms with Crippen molar-refractivity contribution in [3.8, 4) is 0 Å². The fraction of sp³-hybridized carbons (Fsp3) is 0.286. The zero-order valence-electron chi connectivity index (χ0n) is 11.4. The summed E-state index contributed by atoms with van der Waals surface area (Å²) in [6.07, 6.45) is 0.740. The molecule has 0 atom stereocenters. The molecule has 0 aliphatic rings. The second kappa shape index (κ2) is 6.72. The number of hydrogen-bond acceptors (Lipinski definition) is 3. The van der Waals surface area contributed by atoms with Gasteiger partial charge in [0.2, 0.25) is 0 Å². The smallest absolute Gasteiger partial charge is 0.321 e. The van der Waals surface area contributed by atoms with E-state index in [-0.39, 0.29) is 6.03 Å². The highest BCUT2D eigenvalue weighted by Gasteiger charge is 2.07. The highest BCUT2D eigenvalue weighted by molar-refractivity contribution is 7.15. The molecule has 0 unspecified atom stereocenters. The Kier molecular flexibility index (Phi) is 4.98. The van der Waals surface area contributed by atoms with Crippen LogP contribution in [0.3, 0.4) is 0 Å². The van der Waals surface area contributed by atoms with Gasteiger partial charge in [0.05, 0.1) is 5.69 Å². The molecule has 0 fully saturated rings. The van der Waals surface area contributed by atoms with E-state index in [1.165, 1.54) is 11.3 Å². The van der Waals surface area contributed by atoms with Crippen LogP contribution in [-0.4, -0.2) is 17.6 Å². The number of benzene rings is 1. The number of carbonyl (C=O) groups is 1. The number of anilines is 1. The van der Waals surface area contributed by atoms with E-state index in [4.69, 9.17) is 11.6 Å². The minimum atomic E-state index is -0.235. The number of aryl methyl sites for hydroxylation is 2. The summed E-state index contributed by atoms with van der Waals surface area (Å²) < 4.78 is 0. The zero-order valence-corrected chi connectivity index (χ0v) is 12.9. The zero-order chi connectivity index (χ0) is 14.5. The van der Waals surface area contributed by atoms with E-state index >= 15 is 0 Å². The quantitative estimate of drug-likeness (QED) is 0.903. The molecule has 0 radical (unpaired) electrons. The standard InChI is InChI=1S/C14H16ClN3OS/c1-9-10(2)20-14(17-9)18-13(19)16-7-6-11-4-3-5-12(15)8-11/h3-5,8H,6-7H2,1-2H3,(H2,16,17,18,19). The number of nitrogens with zero attached hydrogens (tertiary/aromatic N) is 1. The number of rotatable bonds is 4. The lowest BCUT2D eigenvalue weighted by molar-refractivity contribution is 0.252. The molecule has 2 rings (SSSR count). The van der Waals surface area contributed by atoms with Crippen LogP contribution in [0, 0.1) is 13.8 Å². The van der Waals surface area contributed by atoms with Crippen molar-refractivity contribution in [2.45, 2.75) is 20.3 Å². The summed E-state index contributed by atoms with van der Waals surface area (Å²) in [7, 11) is 0. The largest absolute Gasteiger partial charge is 0.337 e. The Morgan fingerprint density at radius 1 is 1.40 bits per heavy atom. The summed E-state index contributed by atoms with van der Waals surface area (Å²) >= 11 is 7.38. The maximum Gasteiger partial charge on any atom is 0.321 e. The van der Waals surface area contributed by atoms with E-state index in [1.54, 1.807) is 0 Å². The van der Waals surface area contributed by atoms with Crippen LogP contribution >= 0.6 is 22.9 Å². The lowest BCUT2D eigenvalue weighted by Gasteiger charge is -2.05. The van der Waals surface area contributed by atoms with Gasteiger partial charge in [-0.2, -0.15) is 0 Å². The molecule has 2 aromatic rings. The lowest BCUT2D eigenvalue weighted by atomic mass is 10.1. The summed E-state index contributed by atoms with van der Waals surface area (Å²) in [4.78, 5) is 17.1. The average molecular weight is 310 g/mol. The van der Waals surface area contributed by atoms with Crippen molar-refractivity contribution in [2.24, 2.45) is 0 Å². The van der Waals surface area contributed by atoms with Gasteiger partial charge in [0.15, 0.2) is 5.13 Å². The molecule has 0 bridgehead atoms. The lowest BCUT2D eigenvalue weighted by Crippen LogP contribution is -2.30. The first-order valence-electron chi connectivity index (χ1n) is 6.28. The Balaban J connectivity index is 1.78. The Hall–Kier alpha value is -1.59. The van der Waals surface area contributed by atoms with Gasteiger partial charge in [0.1, 0.15) is 0 Å². The molecular formula is C14H16ClN3OS. The summed E-state index contributed by atoms with van der Waals surface area (Å²) in [5.41, 5.74) is 2.04. The molecule has 1 aromatic carbocycles. The molecule has 1 heterocycles. The maximum absolute atomic E-state index is 11.7. The van der Waals surface area contributed by atoms with Crippen molar-refractivity contribution < 1.29 is 4.79 Å². The van der Waals surface area contributed by atoms with E-state index in [2.05, 4.69) is 15.6 Å². The van der Waals surface area contributed by atoms with E-state index in [0.717, 1.165) is 22.6 Å². The van der Waals surface area contributed by atoms with Gasteiger partial charge < -0.3 is 5.32 Å². The van der Waals surface area contributed by atoms with Gasteiger partial charge in [0, 0.05) is 16.4 Å². The highest BCUT2D eigenvalue weighted by Crippen LogP contribution is 2.20. The van der Waals surface area contributed by atoms with Crippen molar-refractivity contribution in [3.63, 3.8) is 0 Å². The number of carbonyl (C=O) groups excluding carboxylic acids is 1. The first kappa shape index (κ1) is 14.8. The Bertz CT molecular complexity index is 593. The van der Waals surface area contributed by atoms with E-state index in [9.17, 15) is 4.79 Å². The van der Waals surface area contributed by atoms with Crippen LogP contribution in [0.15, 0.2) is 24.3 Å². The number of thiazole rings is 1. The van der Waals surface area contributed by atoms with Crippen molar-refractivity contribution >= 4 is 34.1 Å². The van der Waals surface area contributed by atoms with Crippen LogP contribution in [0.1, 0.15) is 16.1 Å². The molecule has 0 aliphatic heterocycles. The molecule has 6 heteroatoms. The SMILES string of the molecule is Cc1nc(NC(=O)NCCc2cccc(Cl)c2)sc1C. The average Bonchev–Trinajstić information content (AvgIpc) is 2.68. The van der Waals surface area contributed by atoms with Crippen LogP contribution < -0.4 is 10.6 Å². The predicted octanol–water partition coefficient (Wildman–Crippen LogP) is 3.78. The molecule has 1 aromatic heterocycles. The van der Waals surface area contributed by atoms with Gasteiger partial charge in [-0.25, -0.2) is 9.78 Å². The number of nitrogens with one attached hydrogen (secondary N) is 2. The van der Waals surface area contributed by atoms with Gasteiger partial charge >= 0.3 is 6.03 Å². The fourth-order valence-corrected chi connectivity index (χ4v) is 2.70. The molecule has 0 spiro atoms. The third kappa shape index (κ3) is 4.21. The maximum atomic E-state index is 11.7. The van der Waals surface area contributed by atoms with E-state index in [0.29, 0.717) is 16.7 Å². The van der Waals surface area contributed by atoms with Crippen molar-refractivity contribution in [2.75, 3.05) is 11.9 Å². The summed E-state index contributed by atoms with van der Waals surface area (Å²) in [5.74, 6) is 0. The third-order valence-electron chi connectivity index (χ3n) is 2.84. The van der Waals surface area contributed by atoms with E-state index < -0.39 is 0 Å². The first-order chi connectivity index (χ1) is 9.54.